The third kappa shape index (κ3) is 3.90. The van der Waals surface area contributed by atoms with Crippen molar-refractivity contribution in [1.29, 1.82) is 0 Å². The van der Waals surface area contributed by atoms with Crippen LogP contribution in [0.5, 0.6) is 0 Å². The van der Waals surface area contributed by atoms with E-state index in [-0.39, 0.29) is 5.82 Å². The van der Waals surface area contributed by atoms with Crippen LogP contribution >= 0.6 is 15.9 Å². The quantitative estimate of drug-likeness (QED) is 0.802. The van der Waals surface area contributed by atoms with Gasteiger partial charge in [-0.1, -0.05) is 19.9 Å². The van der Waals surface area contributed by atoms with Crippen molar-refractivity contribution in [3.05, 3.63) is 40.6 Å². The molecule has 0 saturated carbocycles. The molecule has 0 amide bonds. The van der Waals surface area contributed by atoms with Gasteiger partial charge in [-0.3, -0.25) is 0 Å². The number of nitrogens with zero attached hydrogens (tertiary/aromatic N) is 1. The number of nitrogens with one attached hydrogen (secondary N) is 1. The maximum Gasteiger partial charge on any atom is 0.194 e. The summed E-state index contributed by atoms with van der Waals surface area (Å²) in [5, 5.41) is 3.34. The molecule has 1 heterocycles. The molecule has 20 heavy (non-hydrogen) atoms. The van der Waals surface area contributed by atoms with E-state index in [9.17, 15) is 4.39 Å². The fraction of sp³-hybridized carbons (Fsp3) is 0.400. The molecule has 0 radical (unpaired) electrons. The van der Waals surface area contributed by atoms with E-state index in [2.05, 4.69) is 40.1 Å². The number of hydrogen-bond donors (Lipinski definition) is 1. The molecule has 0 spiro atoms. The van der Waals surface area contributed by atoms with Gasteiger partial charge >= 0.3 is 0 Å². The van der Waals surface area contributed by atoms with E-state index in [4.69, 9.17) is 4.42 Å². The lowest BCUT2D eigenvalue weighted by Crippen LogP contribution is -2.23. The van der Waals surface area contributed by atoms with Gasteiger partial charge in [0.1, 0.15) is 5.82 Å². The van der Waals surface area contributed by atoms with Gasteiger partial charge in [0.15, 0.2) is 11.7 Å². The predicted octanol–water partition coefficient (Wildman–Crippen LogP) is 4.17. The summed E-state index contributed by atoms with van der Waals surface area (Å²) < 4.78 is 19.6. The number of aryl methyl sites for hydroxylation is 1. The van der Waals surface area contributed by atoms with Gasteiger partial charge in [-0.2, -0.15) is 0 Å². The van der Waals surface area contributed by atoms with Crippen molar-refractivity contribution >= 4 is 15.9 Å². The second-order valence-corrected chi connectivity index (χ2v) is 5.73. The molecule has 1 N–H and O–H groups in total. The molecule has 0 aliphatic rings. The summed E-state index contributed by atoms with van der Waals surface area (Å²) in [7, 11) is 0. The molecule has 0 aliphatic carbocycles. The van der Waals surface area contributed by atoms with Crippen LogP contribution in [0.2, 0.25) is 0 Å². The minimum Gasteiger partial charge on any atom is -0.441 e. The minimum atomic E-state index is -0.304. The monoisotopic (exact) mass is 340 g/mol. The highest BCUT2D eigenvalue weighted by molar-refractivity contribution is 9.10. The van der Waals surface area contributed by atoms with Crippen molar-refractivity contribution in [3.63, 3.8) is 0 Å². The smallest absolute Gasteiger partial charge is 0.194 e. The fourth-order valence-electron chi connectivity index (χ4n) is 1.87. The van der Waals surface area contributed by atoms with Gasteiger partial charge in [-0.25, -0.2) is 9.37 Å². The van der Waals surface area contributed by atoms with Crippen LogP contribution in [0.3, 0.4) is 0 Å². The summed E-state index contributed by atoms with van der Waals surface area (Å²) in [6.07, 6.45) is 3.37. The molecule has 0 atom stereocenters. The molecular formula is C15H18BrFN2O. The predicted molar refractivity (Wildman–Crippen MR) is 81.1 cm³/mol. The molecule has 3 nitrogen and oxygen atoms in total. The lowest BCUT2D eigenvalue weighted by molar-refractivity contribution is 0.484. The lowest BCUT2D eigenvalue weighted by Gasteiger charge is -2.06. The Labute approximate surface area is 126 Å². The Bertz CT molecular complexity index is 569. The Morgan fingerprint density at radius 2 is 2.20 bits per heavy atom. The van der Waals surface area contributed by atoms with E-state index in [1.165, 1.54) is 6.07 Å². The molecule has 0 unspecified atom stereocenters. The number of oxazole rings is 1. The van der Waals surface area contributed by atoms with Crippen LogP contribution in [0.15, 0.2) is 33.3 Å². The molecule has 0 aliphatic heterocycles. The van der Waals surface area contributed by atoms with Crippen molar-refractivity contribution in [1.82, 2.24) is 10.3 Å². The van der Waals surface area contributed by atoms with Gasteiger partial charge < -0.3 is 9.73 Å². The Balaban J connectivity index is 2.00. The van der Waals surface area contributed by atoms with Crippen LogP contribution in [-0.2, 0) is 6.42 Å². The standard InChI is InChI=1S/C15H18BrFN2O/c1-10(2)18-8-4-7-14-19-9-13(20-14)11-5-3-6-12(17)15(11)16/h3,5-6,9-10,18H,4,7-8H2,1-2H3. The molecule has 2 aromatic rings. The SMILES string of the molecule is CC(C)NCCCc1ncc(-c2cccc(F)c2Br)o1. The van der Waals surface area contributed by atoms with E-state index in [1.54, 1.807) is 18.3 Å². The Hall–Kier alpha value is -1.20. The first-order valence-electron chi connectivity index (χ1n) is 6.70. The first-order valence-corrected chi connectivity index (χ1v) is 7.49. The van der Waals surface area contributed by atoms with Crippen molar-refractivity contribution < 1.29 is 8.81 Å². The first kappa shape index (κ1) is 15.2. The molecule has 1 aromatic heterocycles. The van der Waals surface area contributed by atoms with Gasteiger partial charge in [0.05, 0.1) is 10.7 Å². The summed E-state index contributed by atoms with van der Waals surface area (Å²) in [5.41, 5.74) is 0.684. The summed E-state index contributed by atoms with van der Waals surface area (Å²) >= 11 is 3.23. The van der Waals surface area contributed by atoms with Crippen LogP contribution in [0.4, 0.5) is 4.39 Å². The normalized spacial score (nSPS) is 11.2. The Morgan fingerprint density at radius 1 is 1.40 bits per heavy atom. The van der Waals surface area contributed by atoms with Crippen molar-refractivity contribution in [3.8, 4) is 11.3 Å². The van der Waals surface area contributed by atoms with Crippen LogP contribution in [0, 0.1) is 5.82 Å². The van der Waals surface area contributed by atoms with Crippen LogP contribution in [0.1, 0.15) is 26.2 Å². The molecule has 1 aromatic carbocycles. The maximum absolute atomic E-state index is 13.5. The molecular weight excluding hydrogens is 323 g/mol. The first-order chi connectivity index (χ1) is 9.58. The molecule has 0 bridgehead atoms. The molecule has 108 valence electrons. The summed E-state index contributed by atoms with van der Waals surface area (Å²) in [6, 6.07) is 5.35. The number of rotatable bonds is 6. The van der Waals surface area contributed by atoms with Crippen LogP contribution in [0.25, 0.3) is 11.3 Å². The molecule has 2 rings (SSSR count). The Morgan fingerprint density at radius 3 is 2.95 bits per heavy atom. The van der Waals surface area contributed by atoms with E-state index in [0.717, 1.165) is 19.4 Å². The van der Waals surface area contributed by atoms with E-state index < -0.39 is 0 Å². The number of benzene rings is 1. The Kier molecular flexibility index (Phi) is 5.31. The van der Waals surface area contributed by atoms with Gasteiger partial charge in [0, 0.05) is 18.0 Å². The second kappa shape index (κ2) is 6.99. The van der Waals surface area contributed by atoms with E-state index >= 15 is 0 Å². The molecule has 5 heteroatoms. The van der Waals surface area contributed by atoms with Gasteiger partial charge in [0.25, 0.3) is 0 Å². The largest absolute Gasteiger partial charge is 0.441 e. The van der Waals surface area contributed by atoms with Crippen molar-refractivity contribution in [2.75, 3.05) is 6.54 Å². The van der Waals surface area contributed by atoms with Gasteiger partial charge in [0.2, 0.25) is 0 Å². The highest BCUT2D eigenvalue weighted by Gasteiger charge is 2.12. The molecule has 0 fully saturated rings. The maximum atomic E-state index is 13.5. The number of aromatic nitrogens is 1. The summed E-state index contributed by atoms with van der Waals surface area (Å²) in [6.45, 7) is 5.16. The zero-order valence-electron chi connectivity index (χ0n) is 11.6. The summed E-state index contributed by atoms with van der Waals surface area (Å²) in [4.78, 5) is 4.24. The van der Waals surface area contributed by atoms with E-state index in [0.29, 0.717) is 27.7 Å². The topological polar surface area (TPSA) is 38.1 Å². The lowest BCUT2D eigenvalue weighted by atomic mass is 10.2. The molecule has 0 saturated heterocycles. The summed E-state index contributed by atoms with van der Waals surface area (Å²) in [5.74, 6) is 0.964. The minimum absolute atomic E-state index is 0.304. The second-order valence-electron chi connectivity index (χ2n) is 4.93. The van der Waals surface area contributed by atoms with Crippen LogP contribution in [-0.4, -0.2) is 17.6 Å². The zero-order chi connectivity index (χ0) is 14.5. The average molecular weight is 341 g/mol. The van der Waals surface area contributed by atoms with Crippen molar-refractivity contribution in [2.45, 2.75) is 32.7 Å². The highest BCUT2D eigenvalue weighted by atomic mass is 79.9. The highest BCUT2D eigenvalue weighted by Crippen LogP contribution is 2.30. The van der Waals surface area contributed by atoms with Gasteiger partial charge in [-0.05, 0) is 41.0 Å². The third-order valence-electron chi connectivity index (χ3n) is 2.89. The van der Waals surface area contributed by atoms with Crippen molar-refractivity contribution in [2.24, 2.45) is 0 Å². The number of hydrogen-bond acceptors (Lipinski definition) is 3. The zero-order valence-corrected chi connectivity index (χ0v) is 13.2. The van der Waals surface area contributed by atoms with Gasteiger partial charge in [-0.15, -0.1) is 0 Å². The van der Waals surface area contributed by atoms with Crippen LogP contribution < -0.4 is 5.32 Å². The average Bonchev–Trinajstić information content (AvgIpc) is 2.86. The third-order valence-corrected chi connectivity index (χ3v) is 3.70. The fourth-order valence-corrected chi connectivity index (χ4v) is 2.33. The number of halogens is 2. The van der Waals surface area contributed by atoms with E-state index in [1.807, 2.05) is 0 Å².